The fourth-order valence-corrected chi connectivity index (χ4v) is 5.45. The Morgan fingerprint density at radius 3 is 2.11 bits per heavy atom. The molecule has 0 aliphatic heterocycles. The summed E-state index contributed by atoms with van der Waals surface area (Å²) in [6, 6.07) is 25.3. The highest BCUT2D eigenvalue weighted by molar-refractivity contribution is 6.36. The molecular weight excluding hydrogens is 460 g/mol. The summed E-state index contributed by atoms with van der Waals surface area (Å²) < 4.78 is 11.1. The van der Waals surface area contributed by atoms with Gasteiger partial charge in [0.2, 0.25) is 5.41 Å². The van der Waals surface area contributed by atoms with Crippen molar-refractivity contribution in [3.63, 3.8) is 0 Å². The molecule has 0 aromatic heterocycles. The molecule has 0 radical (unpaired) electrons. The third-order valence-electron chi connectivity index (χ3n) is 6.63. The lowest BCUT2D eigenvalue weighted by atomic mass is 9.77. The standard InChI is InChI=1S/C30H25ClO4/c1-3-34-28(32)30(29(33)35-4-2)24-15-9-8-13-21(24)27-23(17-19-11-6-5-7-12-19)20-14-10-16-26(31)22(20)18-25(27)30/h5-16,18H,3-4,17H2,1-2H3. The molecule has 4 nitrogen and oxygen atoms in total. The highest BCUT2D eigenvalue weighted by atomic mass is 35.5. The molecule has 176 valence electrons. The predicted molar refractivity (Wildman–Crippen MR) is 138 cm³/mol. The number of ether oxygens (including phenoxy) is 2. The lowest BCUT2D eigenvalue weighted by Gasteiger charge is -2.27. The van der Waals surface area contributed by atoms with E-state index in [1.54, 1.807) is 13.8 Å². The first-order chi connectivity index (χ1) is 17.0. The van der Waals surface area contributed by atoms with E-state index in [1.165, 1.54) is 0 Å². The first-order valence-corrected chi connectivity index (χ1v) is 12.1. The minimum atomic E-state index is -1.73. The van der Waals surface area contributed by atoms with Crippen LogP contribution in [0.3, 0.4) is 0 Å². The number of rotatable bonds is 6. The average molecular weight is 485 g/mol. The Morgan fingerprint density at radius 2 is 1.43 bits per heavy atom. The van der Waals surface area contributed by atoms with E-state index in [1.807, 2.05) is 66.7 Å². The van der Waals surface area contributed by atoms with Crippen LogP contribution in [0, 0.1) is 0 Å². The number of fused-ring (bicyclic) bond motifs is 4. The second kappa shape index (κ2) is 9.20. The first kappa shape index (κ1) is 23.1. The van der Waals surface area contributed by atoms with E-state index in [4.69, 9.17) is 21.1 Å². The van der Waals surface area contributed by atoms with Gasteiger partial charge in [-0.25, -0.2) is 0 Å². The molecule has 0 saturated carbocycles. The summed E-state index contributed by atoms with van der Waals surface area (Å²) in [4.78, 5) is 27.5. The zero-order chi connectivity index (χ0) is 24.6. The van der Waals surface area contributed by atoms with Gasteiger partial charge in [0, 0.05) is 10.4 Å². The minimum absolute atomic E-state index is 0.142. The van der Waals surface area contributed by atoms with Crippen LogP contribution in [0.2, 0.25) is 5.02 Å². The van der Waals surface area contributed by atoms with Gasteiger partial charge >= 0.3 is 11.9 Å². The molecule has 0 bridgehead atoms. The van der Waals surface area contributed by atoms with E-state index in [9.17, 15) is 9.59 Å². The number of carbonyl (C=O) groups excluding carboxylic acids is 2. The summed E-state index contributed by atoms with van der Waals surface area (Å²) in [5.41, 5.74) is 3.22. The van der Waals surface area contributed by atoms with Gasteiger partial charge in [-0.15, -0.1) is 0 Å². The molecule has 1 aliphatic carbocycles. The number of halogens is 1. The highest BCUT2D eigenvalue weighted by Crippen LogP contribution is 2.54. The largest absolute Gasteiger partial charge is 0.465 e. The Kier molecular flexibility index (Phi) is 6.08. The fraction of sp³-hybridized carbons (Fsp3) is 0.200. The molecule has 0 unspecified atom stereocenters. The first-order valence-electron chi connectivity index (χ1n) is 11.8. The average Bonchev–Trinajstić information content (AvgIpc) is 3.17. The van der Waals surface area contributed by atoms with Crippen molar-refractivity contribution in [3.8, 4) is 11.1 Å². The molecule has 4 aromatic rings. The maximum absolute atomic E-state index is 13.7. The summed E-state index contributed by atoms with van der Waals surface area (Å²) in [7, 11) is 0. The topological polar surface area (TPSA) is 52.6 Å². The fourth-order valence-electron chi connectivity index (χ4n) is 5.22. The van der Waals surface area contributed by atoms with Crippen molar-refractivity contribution in [3.05, 3.63) is 106 Å². The number of hydrogen-bond donors (Lipinski definition) is 0. The zero-order valence-electron chi connectivity index (χ0n) is 19.6. The van der Waals surface area contributed by atoms with Crippen LogP contribution >= 0.6 is 11.6 Å². The van der Waals surface area contributed by atoms with Gasteiger partial charge in [-0.05, 0) is 71.2 Å². The lowest BCUT2D eigenvalue weighted by Crippen LogP contribution is -2.45. The number of esters is 2. The maximum Gasteiger partial charge on any atom is 0.332 e. The van der Waals surface area contributed by atoms with Crippen LogP contribution < -0.4 is 0 Å². The Bertz CT molecular complexity index is 1420. The van der Waals surface area contributed by atoms with Gasteiger partial charge in [-0.3, -0.25) is 9.59 Å². The number of benzene rings is 4. The zero-order valence-corrected chi connectivity index (χ0v) is 20.4. The van der Waals surface area contributed by atoms with Gasteiger partial charge in [-0.1, -0.05) is 78.3 Å². The van der Waals surface area contributed by atoms with Crippen molar-refractivity contribution in [1.82, 2.24) is 0 Å². The maximum atomic E-state index is 13.7. The van der Waals surface area contributed by atoms with Crippen LogP contribution in [0.15, 0.2) is 78.9 Å². The van der Waals surface area contributed by atoms with E-state index in [-0.39, 0.29) is 13.2 Å². The van der Waals surface area contributed by atoms with Gasteiger partial charge in [-0.2, -0.15) is 0 Å². The second-order valence-corrected chi connectivity index (χ2v) is 8.92. The summed E-state index contributed by atoms with van der Waals surface area (Å²) in [5.74, 6) is -1.27. The van der Waals surface area contributed by atoms with E-state index in [0.717, 1.165) is 33.0 Å². The summed E-state index contributed by atoms with van der Waals surface area (Å²) >= 11 is 6.69. The van der Waals surface area contributed by atoms with Gasteiger partial charge in [0.15, 0.2) is 0 Å². The molecule has 4 aromatic carbocycles. The molecule has 0 fully saturated rings. The normalized spacial score (nSPS) is 13.2. The van der Waals surface area contributed by atoms with Crippen LogP contribution in [0.4, 0.5) is 0 Å². The van der Waals surface area contributed by atoms with Crippen LogP contribution in [-0.4, -0.2) is 25.2 Å². The van der Waals surface area contributed by atoms with Gasteiger partial charge in [0.1, 0.15) is 0 Å². The van der Waals surface area contributed by atoms with Crippen molar-refractivity contribution in [1.29, 1.82) is 0 Å². The van der Waals surface area contributed by atoms with Crippen molar-refractivity contribution >= 4 is 34.3 Å². The van der Waals surface area contributed by atoms with Crippen LogP contribution in [-0.2, 0) is 30.9 Å². The van der Waals surface area contributed by atoms with Crippen LogP contribution in [0.25, 0.3) is 21.9 Å². The number of hydrogen-bond acceptors (Lipinski definition) is 4. The molecule has 0 atom stereocenters. The quantitative estimate of drug-likeness (QED) is 0.232. The molecular formula is C30H25ClO4. The summed E-state index contributed by atoms with van der Waals surface area (Å²) in [5, 5.41) is 2.32. The van der Waals surface area contributed by atoms with E-state index < -0.39 is 17.4 Å². The smallest absolute Gasteiger partial charge is 0.332 e. The van der Waals surface area contributed by atoms with E-state index in [0.29, 0.717) is 22.6 Å². The summed E-state index contributed by atoms with van der Waals surface area (Å²) in [6.45, 7) is 3.75. The Morgan fingerprint density at radius 1 is 0.771 bits per heavy atom. The monoisotopic (exact) mass is 484 g/mol. The third-order valence-corrected chi connectivity index (χ3v) is 6.96. The Hall–Kier alpha value is -3.63. The van der Waals surface area contributed by atoms with Crippen molar-refractivity contribution in [2.45, 2.75) is 25.7 Å². The number of carbonyl (C=O) groups is 2. The SMILES string of the molecule is CCOC(=O)C1(C(=O)OCC)c2ccccc2-c2c1cc1c(Cl)cccc1c2Cc1ccccc1. The van der Waals surface area contributed by atoms with Crippen molar-refractivity contribution in [2.75, 3.05) is 13.2 Å². The Balaban J connectivity index is 1.93. The molecule has 0 saturated heterocycles. The minimum Gasteiger partial charge on any atom is -0.465 e. The second-order valence-electron chi connectivity index (χ2n) is 8.51. The lowest BCUT2D eigenvalue weighted by molar-refractivity contribution is -0.162. The summed E-state index contributed by atoms with van der Waals surface area (Å²) in [6.07, 6.45) is 0.608. The molecule has 1 aliphatic rings. The molecule has 5 rings (SSSR count). The molecule has 0 spiro atoms. The van der Waals surface area contributed by atoms with Crippen molar-refractivity contribution in [2.24, 2.45) is 0 Å². The van der Waals surface area contributed by atoms with Gasteiger partial charge < -0.3 is 9.47 Å². The molecule has 0 N–H and O–H groups in total. The van der Waals surface area contributed by atoms with Gasteiger partial charge in [0.25, 0.3) is 0 Å². The van der Waals surface area contributed by atoms with Crippen molar-refractivity contribution < 1.29 is 19.1 Å². The molecule has 0 amide bonds. The van der Waals surface area contributed by atoms with Crippen LogP contribution in [0.1, 0.15) is 36.1 Å². The van der Waals surface area contributed by atoms with E-state index >= 15 is 0 Å². The third kappa shape index (κ3) is 3.52. The molecule has 0 heterocycles. The van der Waals surface area contributed by atoms with Crippen LogP contribution in [0.5, 0.6) is 0 Å². The predicted octanol–water partition coefficient (Wildman–Crippen LogP) is 6.48. The molecule has 35 heavy (non-hydrogen) atoms. The van der Waals surface area contributed by atoms with Gasteiger partial charge in [0.05, 0.1) is 13.2 Å². The molecule has 5 heteroatoms. The van der Waals surface area contributed by atoms with E-state index in [2.05, 4.69) is 12.1 Å². The highest BCUT2D eigenvalue weighted by Gasteiger charge is 2.58. The Labute approximate surface area is 209 Å².